The summed E-state index contributed by atoms with van der Waals surface area (Å²) in [5.74, 6) is -1.48. The minimum absolute atomic E-state index is 0.201. The number of nitrogens with two attached hydrogens (primary N) is 1. The molecule has 170 valence electrons. The molecule has 33 heavy (non-hydrogen) atoms. The summed E-state index contributed by atoms with van der Waals surface area (Å²) in [6.07, 6.45) is 1.92. The minimum atomic E-state index is -0.577. The first-order valence-electron chi connectivity index (χ1n) is 10.5. The van der Waals surface area contributed by atoms with E-state index in [2.05, 4.69) is 15.5 Å². The second-order valence-electron chi connectivity index (χ2n) is 7.68. The van der Waals surface area contributed by atoms with E-state index >= 15 is 0 Å². The lowest BCUT2D eigenvalue weighted by molar-refractivity contribution is -0.116. The van der Waals surface area contributed by atoms with Crippen LogP contribution in [0.1, 0.15) is 39.1 Å². The molecule has 0 fully saturated rings. The Labute approximate surface area is 194 Å². The number of hydrogen-bond donors (Lipinski definition) is 3. The van der Waals surface area contributed by atoms with Crippen molar-refractivity contribution in [3.8, 4) is 0 Å². The van der Waals surface area contributed by atoms with Crippen molar-refractivity contribution in [3.05, 3.63) is 76.4 Å². The van der Waals surface area contributed by atoms with Crippen molar-refractivity contribution in [2.45, 2.75) is 19.3 Å². The van der Waals surface area contributed by atoms with Crippen LogP contribution in [0.25, 0.3) is 0 Å². The molecule has 1 aromatic heterocycles. The van der Waals surface area contributed by atoms with Gasteiger partial charge in [-0.3, -0.25) is 14.4 Å². The maximum absolute atomic E-state index is 13.1. The first kappa shape index (κ1) is 22.5. The number of carbonyl (C=O) groups is 3. The third-order valence-electron chi connectivity index (χ3n) is 5.49. The van der Waals surface area contributed by atoms with E-state index in [0.29, 0.717) is 28.4 Å². The van der Waals surface area contributed by atoms with E-state index in [1.807, 2.05) is 18.2 Å². The van der Waals surface area contributed by atoms with Crippen molar-refractivity contribution in [1.29, 1.82) is 0 Å². The summed E-state index contributed by atoms with van der Waals surface area (Å²) in [6.45, 7) is 1.28. The van der Waals surface area contributed by atoms with E-state index in [4.69, 9.17) is 5.73 Å². The Morgan fingerprint density at radius 3 is 2.61 bits per heavy atom. The van der Waals surface area contributed by atoms with Gasteiger partial charge in [0.2, 0.25) is 5.91 Å². The number of rotatable bonds is 7. The van der Waals surface area contributed by atoms with Gasteiger partial charge in [-0.15, -0.1) is 11.3 Å². The van der Waals surface area contributed by atoms with Gasteiger partial charge in [-0.05, 0) is 66.2 Å². The molecule has 0 spiro atoms. The van der Waals surface area contributed by atoms with Crippen LogP contribution in [-0.4, -0.2) is 30.8 Å². The van der Waals surface area contributed by atoms with Gasteiger partial charge < -0.3 is 21.3 Å². The fourth-order valence-corrected chi connectivity index (χ4v) is 4.68. The first-order valence-corrected chi connectivity index (χ1v) is 11.4. The zero-order chi connectivity index (χ0) is 23.4. The summed E-state index contributed by atoms with van der Waals surface area (Å²) in [5, 5.41) is 7.85. The fourth-order valence-electron chi connectivity index (χ4n) is 3.87. The molecule has 0 unspecified atom stereocenters. The Morgan fingerprint density at radius 2 is 1.85 bits per heavy atom. The van der Waals surface area contributed by atoms with Crippen LogP contribution >= 0.6 is 11.3 Å². The molecule has 0 saturated carbocycles. The largest absolute Gasteiger partial charge is 0.371 e. The van der Waals surface area contributed by atoms with Crippen LogP contribution in [0.3, 0.4) is 0 Å². The molecule has 0 radical (unpaired) electrons. The van der Waals surface area contributed by atoms with E-state index in [9.17, 15) is 18.8 Å². The molecule has 1 aliphatic rings. The highest BCUT2D eigenvalue weighted by molar-refractivity contribution is 7.14. The summed E-state index contributed by atoms with van der Waals surface area (Å²) in [5.41, 5.74) is 8.70. The van der Waals surface area contributed by atoms with E-state index in [1.54, 1.807) is 11.4 Å². The maximum Gasteiger partial charge on any atom is 0.255 e. The number of benzene rings is 2. The van der Waals surface area contributed by atoms with Gasteiger partial charge >= 0.3 is 0 Å². The van der Waals surface area contributed by atoms with Gasteiger partial charge in [0.05, 0.1) is 5.56 Å². The molecule has 2 aromatic carbocycles. The molecule has 2 heterocycles. The molecule has 9 heteroatoms. The average Bonchev–Trinajstić information content (AvgIpc) is 3.26. The topological polar surface area (TPSA) is 105 Å². The Kier molecular flexibility index (Phi) is 6.69. The Bertz CT molecular complexity index is 1190. The number of hydrogen-bond acceptors (Lipinski definition) is 5. The van der Waals surface area contributed by atoms with Crippen molar-refractivity contribution < 1.29 is 18.8 Å². The third kappa shape index (κ3) is 5.20. The van der Waals surface area contributed by atoms with Crippen LogP contribution in [0.4, 0.5) is 20.8 Å². The number of nitrogens with zero attached hydrogens (tertiary/aromatic N) is 1. The molecule has 0 atom stereocenters. The number of thiophene rings is 1. The summed E-state index contributed by atoms with van der Waals surface area (Å²) in [7, 11) is 0. The van der Waals surface area contributed by atoms with E-state index in [1.165, 1.54) is 35.6 Å². The van der Waals surface area contributed by atoms with Crippen LogP contribution in [0, 0.1) is 5.82 Å². The lowest BCUT2D eigenvalue weighted by atomic mass is 9.99. The molecule has 0 saturated heterocycles. The van der Waals surface area contributed by atoms with Crippen molar-refractivity contribution in [2.75, 3.05) is 28.6 Å². The van der Waals surface area contributed by atoms with Gasteiger partial charge in [0, 0.05) is 36.4 Å². The lowest BCUT2D eigenvalue weighted by Gasteiger charge is -2.32. The highest BCUT2D eigenvalue weighted by atomic mass is 32.1. The fraction of sp³-hybridized carbons (Fsp3) is 0.208. The van der Waals surface area contributed by atoms with Crippen LogP contribution in [0.2, 0.25) is 0 Å². The minimum Gasteiger partial charge on any atom is -0.371 e. The maximum atomic E-state index is 13.1. The van der Waals surface area contributed by atoms with Crippen molar-refractivity contribution in [3.63, 3.8) is 0 Å². The van der Waals surface area contributed by atoms with Crippen LogP contribution in [0.5, 0.6) is 0 Å². The molecular weight excluding hydrogens is 443 g/mol. The van der Waals surface area contributed by atoms with E-state index in [-0.39, 0.29) is 18.2 Å². The van der Waals surface area contributed by atoms with Crippen LogP contribution < -0.4 is 21.3 Å². The van der Waals surface area contributed by atoms with Crippen molar-refractivity contribution in [1.82, 2.24) is 0 Å². The summed E-state index contributed by atoms with van der Waals surface area (Å²) in [6, 6.07) is 12.7. The Hall–Kier alpha value is -3.72. The number of nitrogens with one attached hydrogen (secondary N) is 2. The number of amides is 3. The van der Waals surface area contributed by atoms with Gasteiger partial charge in [-0.1, -0.05) is 6.07 Å². The van der Waals surface area contributed by atoms with Crippen LogP contribution in [-0.2, 0) is 11.2 Å². The lowest BCUT2D eigenvalue weighted by Crippen LogP contribution is -2.33. The Morgan fingerprint density at radius 1 is 1.06 bits per heavy atom. The summed E-state index contributed by atoms with van der Waals surface area (Å²) < 4.78 is 13.1. The molecule has 7 nitrogen and oxygen atoms in total. The van der Waals surface area contributed by atoms with Gasteiger partial charge in [0.1, 0.15) is 10.8 Å². The normalized spacial score (nSPS) is 12.7. The van der Waals surface area contributed by atoms with Crippen LogP contribution in [0.15, 0.2) is 53.9 Å². The first-order chi connectivity index (χ1) is 15.9. The zero-order valence-corrected chi connectivity index (χ0v) is 18.6. The molecule has 4 N–H and O–H groups in total. The number of primary amides is 1. The number of fused-ring (bicyclic) bond motifs is 1. The quantitative estimate of drug-likeness (QED) is 0.489. The SMILES string of the molecule is NC(=O)c1ccsc1NC(=O)CCN1CCCc2c(NC(=O)c3ccc(F)cc3)cccc21. The molecule has 0 aliphatic carbocycles. The van der Waals surface area contributed by atoms with E-state index < -0.39 is 11.7 Å². The second-order valence-corrected chi connectivity index (χ2v) is 8.60. The Balaban J connectivity index is 1.43. The van der Waals surface area contributed by atoms with Crippen molar-refractivity contribution >= 4 is 45.4 Å². The predicted octanol–water partition coefficient (Wildman–Crippen LogP) is 4.02. The molecule has 0 bridgehead atoms. The van der Waals surface area contributed by atoms with E-state index in [0.717, 1.165) is 30.6 Å². The van der Waals surface area contributed by atoms with Gasteiger partial charge in [0.15, 0.2) is 0 Å². The van der Waals surface area contributed by atoms with Crippen molar-refractivity contribution in [2.24, 2.45) is 5.73 Å². The molecule has 4 rings (SSSR count). The summed E-state index contributed by atoms with van der Waals surface area (Å²) in [4.78, 5) is 38.6. The molecular formula is C24H23FN4O3S. The number of halogens is 1. The molecule has 3 aromatic rings. The zero-order valence-electron chi connectivity index (χ0n) is 17.8. The highest BCUT2D eigenvalue weighted by Gasteiger charge is 2.21. The molecule has 3 amide bonds. The third-order valence-corrected chi connectivity index (χ3v) is 6.32. The monoisotopic (exact) mass is 466 g/mol. The smallest absolute Gasteiger partial charge is 0.255 e. The number of carbonyl (C=O) groups excluding carboxylic acids is 3. The average molecular weight is 467 g/mol. The second kappa shape index (κ2) is 9.83. The summed E-state index contributed by atoms with van der Waals surface area (Å²) >= 11 is 1.26. The molecule has 1 aliphatic heterocycles. The standard InChI is InChI=1S/C24H23FN4O3S/c25-16-8-6-15(7-9-16)23(32)27-19-4-1-5-20-17(19)3-2-12-29(20)13-10-21(30)28-24-18(22(26)31)11-14-33-24/h1,4-9,11,14H,2-3,10,12-13H2,(H2,26,31)(H,27,32)(H,28,30). The van der Waals surface area contributed by atoms with Gasteiger partial charge in [-0.2, -0.15) is 0 Å². The predicted molar refractivity (Wildman–Crippen MR) is 127 cm³/mol. The van der Waals surface area contributed by atoms with Gasteiger partial charge in [0.25, 0.3) is 11.8 Å². The highest BCUT2D eigenvalue weighted by Crippen LogP contribution is 2.33. The van der Waals surface area contributed by atoms with Gasteiger partial charge in [-0.25, -0.2) is 4.39 Å². The number of anilines is 3.